The van der Waals surface area contributed by atoms with Gasteiger partial charge in [0.05, 0.1) is 24.4 Å². The van der Waals surface area contributed by atoms with E-state index in [1.807, 2.05) is 72.8 Å². The number of carboxylic acids is 1. The van der Waals surface area contributed by atoms with Crippen molar-refractivity contribution in [3.05, 3.63) is 119 Å². The van der Waals surface area contributed by atoms with Crippen LogP contribution in [0.2, 0.25) is 0 Å². The molecule has 50 heavy (non-hydrogen) atoms. The number of thioether (sulfide) groups is 1. The first-order chi connectivity index (χ1) is 24.3. The number of aromatic carboxylic acids is 1. The van der Waals surface area contributed by atoms with Gasteiger partial charge >= 0.3 is 5.97 Å². The number of nitrogens with zero attached hydrogens (tertiary/aromatic N) is 1. The number of aromatic nitrogens is 1. The van der Waals surface area contributed by atoms with Crippen molar-refractivity contribution in [2.24, 2.45) is 0 Å². The zero-order valence-electron chi connectivity index (χ0n) is 28.0. The summed E-state index contributed by atoms with van der Waals surface area (Å²) in [6, 6.07) is 26.8. The van der Waals surface area contributed by atoms with Gasteiger partial charge in [-0.05, 0) is 52.8 Å². The number of carboxylic acid groups (broad SMARTS) is 1. The average Bonchev–Trinajstić information content (AvgIpc) is 3.14. The summed E-state index contributed by atoms with van der Waals surface area (Å²) in [5.41, 5.74) is 5.78. The van der Waals surface area contributed by atoms with Crippen molar-refractivity contribution in [1.29, 1.82) is 0 Å². The van der Waals surface area contributed by atoms with Crippen LogP contribution in [0.1, 0.15) is 84.0 Å². The lowest BCUT2D eigenvalue weighted by Gasteiger charge is -2.36. The molecule has 0 spiro atoms. The van der Waals surface area contributed by atoms with E-state index in [1.165, 1.54) is 18.7 Å². The van der Waals surface area contributed by atoms with Crippen LogP contribution < -0.4 is 10.6 Å². The largest absolute Gasteiger partial charge is 0.478 e. The number of unbranched alkanes of at least 4 members (excludes halogenated alkanes) is 2. The monoisotopic (exact) mass is 697 g/mol. The predicted octanol–water partition coefficient (Wildman–Crippen LogP) is 6.59. The number of carbonyl (C=O) groups is 3. The minimum atomic E-state index is -1.02. The van der Waals surface area contributed by atoms with Crippen LogP contribution in [-0.4, -0.2) is 51.4 Å². The highest BCUT2D eigenvalue weighted by molar-refractivity contribution is 7.99. The summed E-state index contributed by atoms with van der Waals surface area (Å²) in [7, 11) is 0. The van der Waals surface area contributed by atoms with Crippen molar-refractivity contribution < 1.29 is 34.1 Å². The molecule has 0 aliphatic carbocycles. The summed E-state index contributed by atoms with van der Waals surface area (Å²) in [5.74, 6) is -0.585. The molecule has 0 radical (unpaired) electrons. The van der Waals surface area contributed by atoms with Crippen molar-refractivity contribution in [2.45, 2.75) is 75.7 Å². The summed E-state index contributed by atoms with van der Waals surface area (Å²) in [6.45, 7) is 2.49. The third-order valence-electron chi connectivity index (χ3n) is 8.46. The van der Waals surface area contributed by atoms with Crippen LogP contribution >= 0.6 is 11.8 Å². The van der Waals surface area contributed by atoms with Gasteiger partial charge < -0.3 is 30.3 Å². The van der Waals surface area contributed by atoms with Gasteiger partial charge in [0.15, 0.2) is 6.29 Å². The topological polar surface area (TPSA) is 147 Å². The molecule has 0 saturated carbocycles. The summed E-state index contributed by atoms with van der Waals surface area (Å²) >= 11 is 1.35. The Bertz CT molecular complexity index is 1730. The molecule has 0 unspecified atom stereocenters. The van der Waals surface area contributed by atoms with E-state index in [0.717, 1.165) is 52.6 Å². The van der Waals surface area contributed by atoms with E-state index in [9.17, 15) is 24.6 Å². The maximum absolute atomic E-state index is 12.5. The molecular weight excluding hydrogens is 655 g/mol. The Labute approximate surface area is 296 Å². The second-order valence-electron chi connectivity index (χ2n) is 12.2. The van der Waals surface area contributed by atoms with Gasteiger partial charge in [-0.2, -0.15) is 0 Å². The van der Waals surface area contributed by atoms with E-state index < -0.39 is 12.3 Å². The van der Waals surface area contributed by atoms with E-state index in [1.54, 1.807) is 18.3 Å². The van der Waals surface area contributed by atoms with Crippen LogP contribution in [0.3, 0.4) is 0 Å². The normalized spacial score (nSPS) is 17.2. The fourth-order valence-electron chi connectivity index (χ4n) is 5.77. The number of hydrogen-bond donors (Lipinski definition) is 4. The fraction of sp³-hybridized carbons (Fsp3) is 0.333. The number of benzene rings is 3. The third-order valence-corrected chi connectivity index (χ3v) is 9.60. The molecule has 0 bridgehead atoms. The fourth-order valence-corrected chi connectivity index (χ4v) is 6.78. The SMILES string of the molecule is CC(=O)NCCCCCC(=O)NCc1ccccc1-c1ccc([C@H]2O[C@@H](CSc3ncccc3C(=O)O)C[C@@H](c3ccc(CO)cc3)O2)cc1. The van der Waals surface area contributed by atoms with E-state index in [2.05, 4.69) is 15.6 Å². The number of aliphatic hydroxyl groups is 1. The molecule has 4 aromatic rings. The minimum Gasteiger partial charge on any atom is -0.478 e. The molecule has 3 atom stereocenters. The predicted molar refractivity (Wildman–Crippen MR) is 191 cm³/mol. The zero-order valence-corrected chi connectivity index (χ0v) is 28.9. The van der Waals surface area contributed by atoms with Crippen LogP contribution in [0.15, 0.2) is 96.2 Å². The molecule has 1 fully saturated rings. The second-order valence-corrected chi connectivity index (χ2v) is 13.2. The Morgan fingerprint density at radius 2 is 1.64 bits per heavy atom. The van der Waals surface area contributed by atoms with Crippen molar-refractivity contribution >= 4 is 29.5 Å². The second kappa shape index (κ2) is 18.4. The average molecular weight is 698 g/mol. The van der Waals surface area contributed by atoms with Gasteiger partial charge in [0.25, 0.3) is 0 Å². The summed E-state index contributed by atoms with van der Waals surface area (Å²) in [5, 5.41) is 25.4. The van der Waals surface area contributed by atoms with Gasteiger partial charge in [-0.1, -0.05) is 79.2 Å². The third kappa shape index (κ3) is 10.5. The number of hydrogen-bond acceptors (Lipinski definition) is 8. The van der Waals surface area contributed by atoms with Crippen LogP contribution in [0, 0.1) is 0 Å². The molecule has 3 aromatic carbocycles. The molecule has 1 aliphatic rings. The van der Waals surface area contributed by atoms with E-state index >= 15 is 0 Å². The molecular formula is C39H43N3O7S. The highest BCUT2D eigenvalue weighted by atomic mass is 32.2. The Hall–Kier alpha value is -4.55. The van der Waals surface area contributed by atoms with Gasteiger partial charge in [-0.15, -0.1) is 11.8 Å². The Balaban J connectivity index is 1.25. The van der Waals surface area contributed by atoms with Gasteiger partial charge in [0, 0.05) is 50.4 Å². The number of ether oxygens (including phenoxy) is 2. The van der Waals surface area contributed by atoms with Crippen molar-refractivity contribution in [3.8, 4) is 11.1 Å². The van der Waals surface area contributed by atoms with E-state index in [-0.39, 0.29) is 36.2 Å². The molecule has 1 saturated heterocycles. The Morgan fingerprint density at radius 1 is 0.880 bits per heavy atom. The maximum Gasteiger partial charge on any atom is 0.338 e. The van der Waals surface area contributed by atoms with Gasteiger partial charge in [-0.25, -0.2) is 9.78 Å². The summed E-state index contributed by atoms with van der Waals surface area (Å²) in [6.07, 6.45) is 3.86. The quantitative estimate of drug-likeness (QED) is 0.0752. The van der Waals surface area contributed by atoms with Gasteiger partial charge in [-0.3, -0.25) is 9.59 Å². The smallest absolute Gasteiger partial charge is 0.338 e. The van der Waals surface area contributed by atoms with E-state index in [0.29, 0.717) is 36.7 Å². The van der Waals surface area contributed by atoms with E-state index in [4.69, 9.17) is 9.47 Å². The standard InChI is InChI=1S/C39H43N3O7S/c1-26(44)40-20-6-2-3-11-36(45)42-23-31-8-4-5-9-33(31)28-16-18-30(19-17-28)39-48-32(25-50-37-34(38(46)47)10-7-21-41-37)22-35(49-39)29-14-12-27(24-43)13-15-29/h4-5,7-10,12-19,21,32,35,39,43H,2-3,6,11,20,22-25H2,1H3,(H,40,44)(H,42,45)(H,46,47)/t32-,35+,39+/m1/s1. The number of nitrogens with one attached hydrogen (secondary N) is 2. The van der Waals surface area contributed by atoms with Crippen LogP contribution in [0.4, 0.5) is 0 Å². The molecule has 11 heteroatoms. The van der Waals surface area contributed by atoms with Crippen LogP contribution in [0.25, 0.3) is 11.1 Å². The number of pyridine rings is 1. The number of aliphatic hydroxyl groups excluding tert-OH is 1. The zero-order chi connectivity index (χ0) is 35.3. The highest BCUT2D eigenvalue weighted by Gasteiger charge is 2.32. The van der Waals surface area contributed by atoms with Crippen LogP contribution in [0.5, 0.6) is 0 Å². The lowest BCUT2D eigenvalue weighted by atomic mass is 9.97. The lowest BCUT2D eigenvalue weighted by molar-refractivity contribution is -0.245. The van der Waals surface area contributed by atoms with Gasteiger partial charge in [0.1, 0.15) is 5.03 Å². The Morgan fingerprint density at radius 3 is 2.38 bits per heavy atom. The summed E-state index contributed by atoms with van der Waals surface area (Å²) in [4.78, 5) is 39.6. The van der Waals surface area contributed by atoms with Crippen LogP contribution in [-0.2, 0) is 32.2 Å². The molecule has 4 N–H and O–H groups in total. The number of carbonyl (C=O) groups excluding carboxylic acids is 2. The lowest BCUT2D eigenvalue weighted by Crippen LogP contribution is -2.31. The molecule has 1 aromatic heterocycles. The molecule has 10 nitrogen and oxygen atoms in total. The van der Waals surface area contributed by atoms with Crippen molar-refractivity contribution in [1.82, 2.24) is 15.6 Å². The maximum atomic E-state index is 12.5. The molecule has 2 amide bonds. The summed E-state index contributed by atoms with van der Waals surface area (Å²) < 4.78 is 13.0. The van der Waals surface area contributed by atoms with Crippen molar-refractivity contribution in [3.63, 3.8) is 0 Å². The first-order valence-electron chi connectivity index (χ1n) is 16.8. The molecule has 5 rings (SSSR count). The molecule has 2 heterocycles. The number of amides is 2. The number of rotatable bonds is 16. The molecule has 1 aliphatic heterocycles. The first-order valence-corrected chi connectivity index (χ1v) is 17.8. The van der Waals surface area contributed by atoms with Gasteiger partial charge in [0.2, 0.25) is 11.8 Å². The highest BCUT2D eigenvalue weighted by Crippen LogP contribution is 2.40. The first kappa shape index (κ1) is 36.7. The van der Waals surface area contributed by atoms with Crippen molar-refractivity contribution in [2.75, 3.05) is 12.3 Å². The Kier molecular flexibility index (Phi) is 13.5. The molecule has 262 valence electrons. The minimum absolute atomic E-state index is 0.00299.